The molecule has 26 heavy (non-hydrogen) atoms. The number of carbonyl (C=O) groups is 1. The van der Waals surface area contributed by atoms with Crippen molar-refractivity contribution in [1.29, 1.82) is 0 Å². The normalized spacial score (nSPS) is 11.5. The number of anilines is 1. The highest BCUT2D eigenvalue weighted by atomic mass is 79.9. The first-order valence-electron chi connectivity index (χ1n) is 8.38. The molecule has 0 spiro atoms. The molecule has 0 aliphatic carbocycles. The Morgan fingerprint density at radius 2 is 2.00 bits per heavy atom. The summed E-state index contributed by atoms with van der Waals surface area (Å²) >= 11 is 3.51. The molecule has 0 aliphatic rings. The van der Waals surface area contributed by atoms with Gasteiger partial charge >= 0.3 is 6.09 Å². The lowest BCUT2D eigenvalue weighted by molar-refractivity contribution is 0.0530. The zero-order chi connectivity index (χ0) is 18.7. The molecule has 2 N–H and O–H groups in total. The van der Waals surface area contributed by atoms with Crippen LogP contribution < -0.4 is 10.6 Å². The van der Waals surface area contributed by atoms with E-state index in [1.165, 1.54) is 0 Å². The maximum absolute atomic E-state index is 11.7. The van der Waals surface area contributed by atoms with Crippen LogP contribution in [-0.2, 0) is 4.74 Å². The van der Waals surface area contributed by atoms with E-state index in [1.54, 1.807) is 6.20 Å². The zero-order valence-corrected chi connectivity index (χ0v) is 16.6. The number of fused-ring (bicyclic) bond motifs is 2. The van der Waals surface area contributed by atoms with Crippen LogP contribution in [0.25, 0.3) is 21.9 Å². The highest BCUT2D eigenvalue weighted by molar-refractivity contribution is 9.10. The number of hydrogen-bond donors (Lipinski definition) is 2. The summed E-state index contributed by atoms with van der Waals surface area (Å²) in [7, 11) is 0. The molecule has 0 unspecified atom stereocenters. The SMILES string of the molecule is CC(C)(C)OC(=O)NCCNc1c2cc(Br)ccc2nc2cccnc12. The molecule has 3 rings (SSSR count). The number of rotatable bonds is 4. The molecule has 1 aromatic carbocycles. The van der Waals surface area contributed by atoms with Crippen molar-refractivity contribution >= 4 is 49.6 Å². The Hall–Kier alpha value is -2.41. The van der Waals surface area contributed by atoms with Gasteiger partial charge in [-0.05, 0) is 51.1 Å². The van der Waals surface area contributed by atoms with Crippen LogP contribution in [-0.4, -0.2) is 34.8 Å². The number of amides is 1. The summed E-state index contributed by atoms with van der Waals surface area (Å²) in [6.07, 6.45) is 1.32. The van der Waals surface area contributed by atoms with Crippen molar-refractivity contribution in [2.45, 2.75) is 26.4 Å². The van der Waals surface area contributed by atoms with Gasteiger partial charge in [0, 0.05) is 29.1 Å². The number of hydrogen-bond acceptors (Lipinski definition) is 5. The summed E-state index contributed by atoms with van der Waals surface area (Å²) in [5.41, 5.74) is 2.90. The number of ether oxygens (including phenoxy) is 1. The van der Waals surface area contributed by atoms with Crippen LogP contribution in [0.2, 0.25) is 0 Å². The smallest absolute Gasteiger partial charge is 0.407 e. The Labute approximate surface area is 160 Å². The second-order valence-electron chi connectivity index (χ2n) is 6.87. The Kier molecular flexibility index (Phi) is 5.27. The van der Waals surface area contributed by atoms with Gasteiger partial charge in [-0.1, -0.05) is 15.9 Å². The highest BCUT2D eigenvalue weighted by Gasteiger charge is 2.15. The second kappa shape index (κ2) is 7.45. The van der Waals surface area contributed by atoms with E-state index >= 15 is 0 Å². The lowest BCUT2D eigenvalue weighted by Crippen LogP contribution is -2.35. The fourth-order valence-electron chi connectivity index (χ4n) is 2.59. The second-order valence-corrected chi connectivity index (χ2v) is 7.79. The van der Waals surface area contributed by atoms with E-state index in [0.29, 0.717) is 13.1 Å². The maximum Gasteiger partial charge on any atom is 0.407 e. The maximum atomic E-state index is 11.7. The van der Waals surface area contributed by atoms with Crippen LogP contribution >= 0.6 is 15.9 Å². The molecule has 7 heteroatoms. The largest absolute Gasteiger partial charge is 0.444 e. The summed E-state index contributed by atoms with van der Waals surface area (Å²) in [6, 6.07) is 9.75. The third-order valence-electron chi connectivity index (χ3n) is 3.59. The molecule has 0 fully saturated rings. The monoisotopic (exact) mass is 416 g/mol. The lowest BCUT2D eigenvalue weighted by atomic mass is 10.1. The molecule has 0 radical (unpaired) electrons. The van der Waals surface area contributed by atoms with Gasteiger partial charge in [-0.2, -0.15) is 0 Å². The van der Waals surface area contributed by atoms with E-state index in [0.717, 1.165) is 32.1 Å². The standard InChI is InChI=1S/C19H21BrN4O2/c1-19(2,3)26-18(25)23-10-9-22-16-13-11-12(20)6-7-14(13)24-15-5-4-8-21-17(15)16/h4-8,11H,9-10H2,1-3H3,(H,22,24)(H,23,25). The Balaban J connectivity index is 1.79. The predicted octanol–water partition coefficient (Wildman–Crippen LogP) is 4.48. The molecular weight excluding hydrogens is 396 g/mol. The summed E-state index contributed by atoms with van der Waals surface area (Å²) in [5, 5.41) is 7.11. The van der Waals surface area contributed by atoms with Crippen LogP contribution in [0.15, 0.2) is 41.0 Å². The number of carbonyl (C=O) groups excluding carboxylic acids is 1. The minimum Gasteiger partial charge on any atom is -0.444 e. The first-order chi connectivity index (χ1) is 12.3. The molecule has 1 amide bonds. The highest BCUT2D eigenvalue weighted by Crippen LogP contribution is 2.31. The average molecular weight is 417 g/mol. The molecular formula is C19H21BrN4O2. The van der Waals surface area contributed by atoms with Gasteiger partial charge in [0.15, 0.2) is 0 Å². The Morgan fingerprint density at radius 3 is 2.77 bits per heavy atom. The van der Waals surface area contributed by atoms with E-state index in [9.17, 15) is 4.79 Å². The lowest BCUT2D eigenvalue weighted by Gasteiger charge is -2.20. The van der Waals surface area contributed by atoms with Crippen molar-refractivity contribution < 1.29 is 9.53 Å². The van der Waals surface area contributed by atoms with Crippen molar-refractivity contribution in [3.05, 3.63) is 41.0 Å². The van der Waals surface area contributed by atoms with Gasteiger partial charge in [0.1, 0.15) is 11.1 Å². The van der Waals surface area contributed by atoms with Crippen LogP contribution in [0.5, 0.6) is 0 Å². The summed E-state index contributed by atoms with van der Waals surface area (Å²) < 4.78 is 6.21. The van der Waals surface area contributed by atoms with Gasteiger partial charge in [0.2, 0.25) is 0 Å². The molecule has 0 aliphatic heterocycles. The first kappa shape index (κ1) is 18.4. The van der Waals surface area contributed by atoms with E-state index < -0.39 is 11.7 Å². The number of pyridine rings is 2. The van der Waals surface area contributed by atoms with Gasteiger partial charge in [-0.3, -0.25) is 4.98 Å². The van der Waals surface area contributed by atoms with E-state index in [4.69, 9.17) is 4.74 Å². The summed E-state index contributed by atoms with van der Waals surface area (Å²) in [4.78, 5) is 20.9. The molecule has 0 saturated heterocycles. The molecule has 2 heterocycles. The van der Waals surface area contributed by atoms with Gasteiger partial charge in [0.05, 0.1) is 16.7 Å². The summed E-state index contributed by atoms with van der Waals surface area (Å²) in [6.45, 7) is 6.48. The van der Waals surface area contributed by atoms with Crippen molar-refractivity contribution in [3.63, 3.8) is 0 Å². The number of halogens is 1. The van der Waals surface area contributed by atoms with Crippen LogP contribution in [0.3, 0.4) is 0 Å². The van der Waals surface area contributed by atoms with Crippen molar-refractivity contribution in [2.75, 3.05) is 18.4 Å². The number of nitrogens with zero attached hydrogens (tertiary/aromatic N) is 2. The van der Waals surface area contributed by atoms with Gasteiger partial charge in [-0.25, -0.2) is 9.78 Å². The van der Waals surface area contributed by atoms with Crippen LogP contribution in [0.1, 0.15) is 20.8 Å². The number of aromatic nitrogens is 2. The predicted molar refractivity (Wildman–Crippen MR) is 107 cm³/mol. The van der Waals surface area contributed by atoms with Crippen LogP contribution in [0.4, 0.5) is 10.5 Å². The fourth-order valence-corrected chi connectivity index (χ4v) is 2.95. The van der Waals surface area contributed by atoms with Gasteiger partial charge < -0.3 is 15.4 Å². The number of alkyl carbamates (subject to hydrolysis) is 1. The van der Waals surface area contributed by atoms with Gasteiger partial charge in [-0.15, -0.1) is 0 Å². The van der Waals surface area contributed by atoms with E-state index in [2.05, 4.69) is 36.5 Å². The number of nitrogens with one attached hydrogen (secondary N) is 2. The molecule has 6 nitrogen and oxygen atoms in total. The fraction of sp³-hybridized carbons (Fsp3) is 0.316. The molecule has 0 bridgehead atoms. The quantitative estimate of drug-likeness (QED) is 0.484. The van der Waals surface area contributed by atoms with E-state index in [-0.39, 0.29) is 0 Å². The third-order valence-corrected chi connectivity index (χ3v) is 4.08. The van der Waals surface area contributed by atoms with Crippen LogP contribution in [0, 0.1) is 0 Å². The van der Waals surface area contributed by atoms with Crippen molar-refractivity contribution in [1.82, 2.24) is 15.3 Å². The van der Waals surface area contributed by atoms with Gasteiger partial charge in [0.25, 0.3) is 0 Å². The minimum atomic E-state index is -0.509. The Bertz CT molecular complexity index is 953. The Morgan fingerprint density at radius 1 is 1.19 bits per heavy atom. The molecule has 3 aromatic rings. The molecule has 0 saturated carbocycles. The zero-order valence-electron chi connectivity index (χ0n) is 15.0. The molecule has 2 aromatic heterocycles. The third kappa shape index (κ3) is 4.40. The topological polar surface area (TPSA) is 76.1 Å². The minimum absolute atomic E-state index is 0.426. The molecule has 0 atom stereocenters. The average Bonchev–Trinajstić information content (AvgIpc) is 2.56. The van der Waals surface area contributed by atoms with Crippen molar-refractivity contribution in [3.8, 4) is 0 Å². The summed E-state index contributed by atoms with van der Waals surface area (Å²) in [5.74, 6) is 0. The molecule has 136 valence electrons. The van der Waals surface area contributed by atoms with Crippen molar-refractivity contribution in [2.24, 2.45) is 0 Å². The number of benzene rings is 1. The first-order valence-corrected chi connectivity index (χ1v) is 9.17. The van der Waals surface area contributed by atoms with E-state index in [1.807, 2.05) is 51.1 Å².